The van der Waals surface area contributed by atoms with Crippen molar-refractivity contribution in [2.75, 3.05) is 38.8 Å². The molecular weight excluding hydrogens is 287 g/mol. The fourth-order valence-corrected chi connectivity index (χ4v) is 4.14. The molecule has 0 amide bonds. The summed E-state index contributed by atoms with van der Waals surface area (Å²) in [5.41, 5.74) is 1.02. The van der Waals surface area contributed by atoms with Crippen LogP contribution in [-0.2, 0) is 6.42 Å². The molecule has 1 fully saturated rings. The highest BCUT2D eigenvalue weighted by Crippen LogP contribution is 2.22. The second-order valence-electron chi connectivity index (χ2n) is 5.46. The molecule has 0 radical (unpaired) electrons. The third-order valence-corrected chi connectivity index (χ3v) is 5.09. The van der Waals surface area contributed by atoms with Gasteiger partial charge >= 0.3 is 0 Å². The molecule has 0 aromatic heterocycles. The number of hydrogen-bond donors (Lipinski definition) is 1. The molecule has 1 N–H and O–H groups in total. The van der Waals surface area contributed by atoms with Gasteiger partial charge in [0, 0.05) is 30.1 Å². The van der Waals surface area contributed by atoms with Gasteiger partial charge in [-0.1, -0.05) is 13.0 Å². The Morgan fingerprint density at radius 1 is 1.52 bits per heavy atom. The fraction of sp³-hybridized carbons (Fsp3) is 0.625. The van der Waals surface area contributed by atoms with Gasteiger partial charge in [0.15, 0.2) is 11.6 Å². The molecular formula is C16H25FN2OS. The first-order valence-corrected chi connectivity index (χ1v) is 8.65. The number of rotatable bonds is 6. The van der Waals surface area contributed by atoms with E-state index < -0.39 is 0 Å². The number of hydrogen-bond acceptors (Lipinski definition) is 4. The zero-order valence-corrected chi connectivity index (χ0v) is 13.9. The lowest BCUT2D eigenvalue weighted by atomic mass is 9.99. The minimum Gasteiger partial charge on any atom is -0.494 e. The SMILES string of the molecule is CCNC(Cc1ccc(OC)c(F)c1)C1CSCCN1C. The fourth-order valence-electron chi connectivity index (χ4n) is 2.83. The zero-order chi connectivity index (χ0) is 15.2. The van der Waals surface area contributed by atoms with E-state index in [9.17, 15) is 4.39 Å². The van der Waals surface area contributed by atoms with E-state index in [4.69, 9.17) is 4.74 Å². The minimum atomic E-state index is -0.281. The normalized spacial score (nSPS) is 21.2. The van der Waals surface area contributed by atoms with Crippen LogP contribution in [0.2, 0.25) is 0 Å². The maximum atomic E-state index is 13.8. The van der Waals surface area contributed by atoms with Gasteiger partial charge in [0.25, 0.3) is 0 Å². The second-order valence-corrected chi connectivity index (χ2v) is 6.61. The quantitative estimate of drug-likeness (QED) is 0.872. The molecule has 1 aliphatic rings. The first-order valence-electron chi connectivity index (χ1n) is 7.49. The lowest BCUT2D eigenvalue weighted by Gasteiger charge is -2.38. The first-order chi connectivity index (χ1) is 10.2. The maximum Gasteiger partial charge on any atom is 0.165 e. The van der Waals surface area contributed by atoms with Crippen molar-refractivity contribution in [1.29, 1.82) is 0 Å². The Morgan fingerprint density at radius 3 is 2.95 bits per heavy atom. The summed E-state index contributed by atoms with van der Waals surface area (Å²) in [5.74, 6) is 2.36. The van der Waals surface area contributed by atoms with Gasteiger partial charge in [-0.15, -0.1) is 0 Å². The molecule has 21 heavy (non-hydrogen) atoms. The Balaban J connectivity index is 2.10. The summed E-state index contributed by atoms with van der Waals surface area (Å²) >= 11 is 2.00. The Morgan fingerprint density at radius 2 is 2.33 bits per heavy atom. The molecule has 118 valence electrons. The molecule has 1 saturated heterocycles. The highest BCUT2D eigenvalue weighted by molar-refractivity contribution is 7.99. The van der Waals surface area contributed by atoms with Crippen LogP contribution in [0, 0.1) is 5.82 Å². The van der Waals surface area contributed by atoms with Crippen LogP contribution in [0.5, 0.6) is 5.75 Å². The lowest BCUT2D eigenvalue weighted by molar-refractivity contribution is 0.215. The molecule has 1 heterocycles. The van der Waals surface area contributed by atoms with Crippen molar-refractivity contribution in [2.45, 2.75) is 25.4 Å². The topological polar surface area (TPSA) is 24.5 Å². The van der Waals surface area contributed by atoms with Crippen molar-refractivity contribution in [3.63, 3.8) is 0 Å². The average Bonchev–Trinajstić information content (AvgIpc) is 2.47. The van der Waals surface area contributed by atoms with E-state index in [1.54, 1.807) is 12.1 Å². The second kappa shape index (κ2) is 8.01. The van der Waals surface area contributed by atoms with Gasteiger partial charge in [-0.25, -0.2) is 4.39 Å². The zero-order valence-electron chi connectivity index (χ0n) is 13.1. The smallest absolute Gasteiger partial charge is 0.165 e. The molecule has 5 heteroatoms. The highest BCUT2D eigenvalue weighted by atomic mass is 32.2. The Labute approximate surface area is 131 Å². The number of nitrogens with one attached hydrogen (secondary N) is 1. The average molecular weight is 312 g/mol. The predicted molar refractivity (Wildman–Crippen MR) is 87.9 cm³/mol. The predicted octanol–water partition coefficient (Wildman–Crippen LogP) is 2.40. The molecule has 2 atom stereocenters. The van der Waals surface area contributed by atoms with Gasteiger partial charge in [0.05, 0.1) is 7.11 Å². The van der Waals surface area contributed by atoms with E-state index in [1.165, 1.54) is 12.9 Å². The number of halogens is 1. The highest BCUT2D eigenvalue weighted by Gasteiger charge is 2.27. The molecule has 0 bridgehead atoms. The minimum absolute atomic E-state index is 0.281. The molecule has 2 rings (SSSR count). The van der Waals surface area contributed by atoms with Crippen LogP contribution >= 0.6 is 11.8 Å². The van der Waals surface area contributed by atoms with Gasteiger partial charge in [-0.3, -0.25) is 0 Å². The van der Waals surface area contributed by atoms with Gasteiger partial charge in [-0.2, -0.15) is 11.8 Å². The molecule has 0 aliphatic carbocycles. The molecule has 0 saturated carbocycles. The maximum absolute atomic E-state index is 13.8. The van der Waals surface area contributed by atoms with Crippen LogP contribution in [0.25, 0.3) is 0 Å². The Hall–Kier alpha value is -0.780. The van der Waals surface area contributed by atoms with Crippen LogP contribution < -0.4 is 10.1 Å². The van der Waals surface area contributed by atoms with Crippen LogP contribution in [-0.4, -0.2) is 55.7 Å². The van der Waals surface area contributed by atoms with E-state index >= 15 is 0 Å². The summed E-state index contributed by atoms with van der Waals surface area (Å²) in [6.45, 7) is 4.17. The van der Waals surface area contributed by atoms with E-state index in [1.807, 2.05) is 17.8 Å². The summed E-state index contributed by atoms with van der Waals surface area (Å²) in [6, 6.07) is 6.11. The lowest BCUT2D eigenvalue weighted by Crippen LogP contribution is -2.53. The summed E-state index contributed by atoms with van der Waals surface area (Å²) in [4.78, 5) is 2.42. The third-order valence-electron chi connectivity index (χ3n) is 4.05. The molecule has 1 aliphatic heterocycles. The number of nitrogens with zero attached hydrogens (tertiary/aromatic N) is 1. The summed E-state index contributed by atoms with van der Waals surface area (Å²) in [5, 5.41) is 3.57. The summed E-state index contributed by atoms with van der Waals surface area (Å²) in [7, 11) is 3.68. The van der Waals surface area contributed by atoms with Crippen LogP contribution in [0.4, 0.5) is 4.39 Å². The summed E-state index contributed by atoms with van der Waals surface area (Å²) in [6.07, 6.45) is 0.838. The number of thioether (sulfide) groups is 1. The van der Waals surface area contributed by atoms with Crippen molar-refractivity contribution >= 4 is 11.8 Å². The van der Waals surface area contributed by atoms with Gasteiger partial charge in [0.2, 0.25) is 0 Å². The van der Waals surface area contributed by atoms with Crippen molar-refractivity contribution in [3.8, 4) is 5.75 Å². The number of ether oxygens (including phenoxy) is 1. The number of benzene rings is 1. The van der Waals surface area contributed by atoms with Crippen LogP contribution in [0.1, 0.15) is 12.5 Å². The third kappa shape index (κ3) is 4.34. The largest absolute Gasteiger partial charge is 0.494 e. The summed E-state index contributed by atoms with van der Waals surface area (Å²) < 4.78 is 18.8. The molecule has 0 spiro atoms. The standard InChI is InChI=1S/C16H25FN2OS/c1-4-18-14(15-11-21-8-7-19(15)2)10-12-5-6-16(20-3)13(17)9-12/h5-6,9,14-15,18H,4,7-8,10-11H2,1-3H3. The van der Waals surface area contributed by atoms with Gasteiger partial charge < -0.3 is 15.0 Å². The first kappa shape index (κ1) is 16.6. The van der Waals surface area contributed by atoms with E-state index in [2.05, 4.69) is 24.2 Å². The Bertz CT molecular complexity index is 458. The number of likely N-dealkylation sites (N-methyl/N-ethyl adjacent to an activating group) is 2. The van der Waals surface area contributed by atoms with Crippen LogP contribution in [0.3, 0.4) is 0 Å². The molecule has 3 nitrogen and oxygen atoms in total. The number of methoxy groups -OCH3 is 1. The molecule has 1 aromatic rings. The van der Waals surface area contributed by atoms with Gasteiger partial charge in [-0.05, 0) is 37.7 Å². The molecule has 2 unspecified atom stereocenters. The van der Waals surface area contributed by atoms with Gasteiger partial charge in [0.1, 0.15) is 0 Å². The van der Waals surface area contributed by atoms with Crippen molar-refractivity contribution in [2.24, 2.45) is 0 Å². The van der Waals surface area contributed by atoms with E-state index in [0.29, 0.717) is 17.8 Å². The van der Waals surface area contributed by atoms with Crippen LogP contribution in [0.15, 0.2) is 18.2 Å². The molecule has 1 aromatic carbocycles. The Kier molecular flexibility index (Phi) is 6.33. The monoisotopic (exact) mass is 312 g/mol. The van der Waals surface area contributed by atoms with Crippen molar-refractivity contribution < 1.29 is 9.13 Å². The van der Waals surface area contributed by atoms with Crippen molar-refractivity contribution in [3.05, 3.63) is 29.6 Å². The van der Waals surface area contributed by atoms with E-state index in [-0.39, 0.29) is 5.82 Å². The van der Waals surface area contributed by atoms with E-state index in [0.717, 1.165) is 30.8 Å². The van der Waals surface area contributed by atoms with Crippen molar-refractivity contribution in [1.82, 2.24) is 10.2 Å².